The summed E-state index contributed by atoms with van der Waals surface area (Å²) in [5.41, 5.74) is 6.28. The average molecular weight is 566 g/mol. The van der Waals surface area contributed by atoms with E-state index in [1.165, 1.54) is 28.9 Å². The number of nitrogen functional groups attached to an aromatic ring is 1. The van der Waals surface area contributed by atoms with Gasteiger partial charge in [-0.25, -0.2) is 4.68 Å². The highest BCUT2D eigenvalue weighted by Gasteiger charge is 2.46. The topological polar surface area (TPSA) is 131 Å². The molecule has 14 heteroatoms. The summed E-state index contributed by atoms with van der Waals surface area (Å²) in [7, 11) is 0. The summed E-state index contributed by atoms with van der Waals surface area (Å²) in [5.74, 6) is -1.10. The first-order valence-corrected chi connectivity index (χ1v) is 12.7. The Labute approximate surface area is 226 Å². The van der Waals surface area contributed by atoms with E-state index in [1.54, 1.807) is 19.2 Å². The number of aliphatic carboxylic acids is 1. The van der Waals surface area contributed by atoms with E-state index in [0.717, 1.165) is 0 Å². The highest BCUT2D eigenvalue weighted by atomic mass is 35.5. The number of carboxylic acid groups (broad SMARTS) is 1. The van der Waals surface area contributed by atoms with Crippen molar-refractivity contribution in [2.45, 2.75) is 44.5 Å². The summed E-state index contributed by atoms with van der Waals surface area (Å²) >= 11 is 6.09. The standard InChI is InChI=1S/C25H27ClF3N7O3/c1-14-4-7-36(34-14)18-3-2-15(26)10-16(18)21(25(27,28)29)39-20-11-19(32-23(30)33-20)35-8-5-24(6-9-35)12-17(22(37)38)31-13-24/h2-4,7,10-11,17,21,31H,5-6,8-9,12-13H2,1H3,(H,37,38)(H2,30,32,33)/t17?,21-/m1/s1. The summed E-state index contributed by atoms with van der Waals surface area (Å²) in [4.78, 5) is 21.4. The molecule has 0 radical (unpaired) electrons. The minimum Gasteiger partial charge on any atom is -0.480 e. The first-order chi connectivity index (χ1) is 18.4. The second-order valence-corrected chi connectivity index (χ2v) is 10.5. The molecule has 0 saturated carbocycles. The van der Waals surface area contributed by atoms with Gasteiger partial charge in [-0.1, -0.05) is 11.6 Å². The molecule has 2 aliphatic rings. The molecule has 2 atom stereocenters. The maximum absolute atomic E-state index is 14.4. The van der Waals surface area contributed by atoms with Crippen molar-refractivity contribution in [1.82, 2.24) is 25.1 Å². The van der Waals surface area contributed by atoms with Gasteiger partial charge in [0.15, 0.2) is 0 Å². The zero-order chi connectivity index (χ0) is 27.9. The smallest absolute Gasteiger partial charge is 0.429 e. The molecule has 208 valence electrons. The van der Waals surface area contributed by atoms with E-state index in [0.29, 0.717) is 50.4 Å². The third-order valence-corrected chi connectivity index (χ3v) is 7.53. The number of carboxylic acids is 1. The van der Waals surface area contributed by atoms with E-state index >= 15 is 0 Å². The fourth-order valence-corrected chi connectivity index (χ4v) is 5.44. The van der Waals surface area contributed by atoms with Gasteiger partial charge in [-0.05, 0) is 55.9 Å². The van der Waals surface area contributed by atoms with Crippen LogP contribution in [0.1, 0.15) is 36.6 Å². The second-order valence-electron chi connectivity index (χ2n) is 10.0. The number of nitrogens with one attached hydrogen (secondary N) is 1. The summed E-state index contributed by atoms with van der Waals surface area (Å²) in [6.07, 6.45) is -3.76. The zero-order valence-corrected chi connectivity index (χ0v) is 21.7. The van der Waals surface area contributed by atoms with Gasteiger partial charge in [-0.2, -0.15) is 28.2 Å². The highest BCUT2D eigenvalue weighted by molar-refractivity contribution is 6.30. The van der Waals surface area contributed by atoms with Crippen LogP contribution in [0.5, 0.6) is 5.88 Å². The normalized spacial score (nSPS) is 19.8. The number of alkyl halides is 3. The van der Waals surface area contributed by atoms with Crippen molar-refractivity contribution >= 4 is 29.3 Å². The molecule has 0 bridgehead atoms. The number of hydrogen-bond donors (Lipinski definition) is 3. The lowest BCUT2D eigenvalue weighted by atomic mass is 9.76. The molecule has 0 amide bonds. The predicted molar refractivity (Wildman–Crippen MR) is 137 cm³/mol. The Morgan fingerprint density at radius 1 is 1.26 bits per heavy atom. The van der Waals surface area contributed by atoms with Gasteiger partial charge in [0.1, 0.15) is 11.9 Å². The van der Waals surface area contributed by atoms with E-state index in [-0.39, 0.29) is 33.5 Å². The van der Waals surface area contributed by atoms with E-state index in [1.807, 2.05) is 4.90 Å². The van der Waals surface area contributed by atoms with Crippen LogP contribution in [0.4, 0.5) is 24.9 Å². The highest BCUT2D eigenvalue weighted by Crippen LogP contribution is 2.42. The number of nitrogens with zero attached hydrogens (tertiary/aromatic N) is 5. The molecule has 4 N–H and O–H groups in total. The summed E-state index contributed by atoms with van der Waals surface area (Å²) in [6.45, 7) is 3.39. The van der Waals surface area contributed by atoms with Crippen LogP contribution < -0.4 is 20.7 Å². The number of piperidine rings is 1. The first-order valence-electron chi connectivity index (χ1n) is 12.3. The van der Waals surface area contributed by atoms with E-state index < -0.39 is 24.3 Å². The Morgan fingerprint density at radius 2 is 2.00 bits per heavy atom. The molecule has 5 rings (SSSR count). The second kappa shape index (κ2) is 10.2. The molecular formula is C25H27ClF3N7O3. The fraction of sp³-hybridized carbons (Fsp3) is 0.440. The number of ether oxygens (including phenoxy) is 1. The van der Waals surface area contributed by atoms with Crippen LogP contribution in [0.15, 0.2) is 36.5 Å². The van der Waals surface area contributed by atoms with Gasteiger partial charge in [0, 0.05) is 42.5 Å². The average Bonchev–Trinajstić information content (AvgIpc) is 3.48. The number of halogens is 4. The molecule has 1 spiro atoms. The van der Waals surface area contributed by atoms with Crippen LogP contribution in [0.3, 0.4) is 0 Å². The lowest BCUT2D eigenvalue weighted by Gasteiger charge is -2.39. The number of anilines is 2. The molecule has 2 aromatic heterocycles. The van der Waals surface area contributed by atoms with Gasteiger partial charge >= 0.3 is 12.1 Å². The lowest BCUT2D eigenvalue weighted by molar-refractivity contribution is -0.198. The lowest BCUT2D eigenvalue weighted by Crippen LogP contribution is -2.41. The Kier molecular flexibility index (Phi) is 7.06. The third-order valence-electron chi connectivity index (χ3n) is 7.29. The van der Waals surface area contributed by atoms with Crippen LogP contribution in [0.25, 0.3) is 5.69 Å². The van der Waals surface area contributed by atoms with Crippen LogP contribution in [-0.4, -0.2) is 62.7 Å². The fourth-order valence-electron chi connectivity index (χ4n) is 5.26. The maximum Gasteiger partial charge on any atom is 0.429 e. The Morgan fingerprint density at radius 3 is 2.62 bits per heavy atom. The molecule has 2 aliphatic heterocycles. The van der Waals surface area contributed by atoms with Crippen molar-refractivity contribution in [3.63, 3.8) is 0 Å². The molecule has 1 aromatic carbocycles. The van der Waals surface area contributed by atoms with E-state index in [2.05, 4.69) is 20.4 Å². The van der Waals surface area contributed by atoms with Crippen molar-refractivity contribution in [3.8, 4) is 11.6 Å². The summed E-state index contributed by atoms with van der Waals surface area (Å²) in [5, 5.41) is 16.7. The van der Waals surface area contributed by atoms with Crippen molar-refractivity contribution in [3.05, 3.63) is 52.8 Å². The predicted octanol–water partition coefficient (Wildman–Crippen LogP) is 3.92. The van der Waals surface area contributed by atoms with Gasteiger partial charge < -0.3 is 25.8 Å². The van der Waals surface area contributed by atoms with Crippen molar-refractivity contribution in [1.29, 1.82) is 0 Å². The van der Waals surface area contributed by atoms with Crippen molar-refractivity contribution < 1.29 is 27.8 Å². The molecule has 1 unspecified atom stereocenters. The number of aromatic nitrogens is 4. The molecular weight excluding hydrogens is 539 g/mol. The summed E-state index contributed by atoms with van der Waals surface area (Å²) in [6, 6.07) is 6.55. The van der Waals surface area contributed by atoms with E-state index in [4.69, 9.17) is 22.1 Å². The quantitative estimate of drug-likeness (QED) is 0.407. The summed E-state index contributed by atoms with van der Waals surface area (Å²) < 4.78 is 50.0. The number of rotatable bonds is 6. The Balaban J connectivity index is 1.40. The van der Waals surface area contributed by atoms with Gasteiger partial charge in [-0.3, -0.25) is 4.79 Å². The molecule has 2 saturated heterocycles. The van der Waals surface area contributed by atoms with Crippen molar-refractivity contribution in [2.75, 3.05) is 30.3 Å². The number of benzene rings is 1. The Hall–Kier alpha value is -3.58. The first kappa shape index (κ1) is 27.0. The molecule has 39 heavy (non-hydrogen) atoms. The number of aryl methyl sites for hydroxylation is 1. The molecule has 10 nitrogen and oxygen atoms in total. The molecule has 4 heterocycles. The number of nitrogens with two attached hydrogens (primary N) is 1. The van der Waals surface area contributed by atoms with Gasteiger partial charge in [0.05, 0.1) is 11.4 Å². The maximum atomic E-state index is 14.4. The number of hydrogen-bond acceptors (Lipinski definition) is 8. The number of carbonyl (C=O) groups is 1. The van der Waals surface area contributed by atoms with E-state index in [9.17, 15) is 23.1 Å². The SMILES string of the molecule is Cc1ccn(-c2ccc(Cl)cc2[C@@H](Oc2cc(N3CCC4(CC3)CNC(C(=O)O)C4)nc(N)n2)C(F)(F)F)n1. The molecule has 0 aliphatic carbocycles. The molecule has 3 aromatic rings. The van der Waals surface area contributed by atoms with Crippen LogP contribution in [0, 0.1) is 12.3 Å². The van der Waals surface area contributed by atoms with Crippen LogP contribution in [0.2, 0.25) is 5.02 Å². The minimum atomic E-state index is -4.82. The monoisotopic (exact) mass is 565 g/mol. The van der Waals surface area contributed by atoms with Crippen molar-refractivity contribution in [2.24, 2.45) is 5.41 Å². The van der Waals surface area contributed by atoms with Crippen LogP contribution in [-0.2, 0) is 4.79 Å². The molecule has 2 fully saturated rings. The van der Waals surface area contributed by atoms with Crippen LogP contribution >= 0.6 is 11.6 Å². The van der Waals surface area contributed by atoms with Gasteiger partial charge in [0.2, 0.25) is 17.9 Å². The van der Waals surface area contributed by atoms with Gasteiger partial charge in [0.25, 0.3) is 0 Å². The minimum absolute atomic E-state index is 0.104. The van der Waals surface area contributed by atoms with Gasteiger partial charge in [-0.15, -0.1) is 0 Å². The largest absolute Gasteiger partial charge is 0.480 e. The Bertz CT molecular complexity index is 1380. The third kappa shape index (κ3) is 5.74. The zero-order valence-electron chi connectivity index (χ0n) is 21.0.